The summed E-state index contributed by atoms with van der Waals surface area (Å²) in [6.45, 7) is 4.70. The van der Waals surface area contributed by atoms with E-state index in [1.807, 2.05) is 13.8 Å². The van der Waals surface area contributed by atoms with Crippen LogP contribution in [0.15, 0.2) is 0 Å². The maximum absolute atomic E-state index is 5.81. The van der Waals surface area contributed by atoms with Crippen LogP contribution >= 0.6 is 0 Å². The lowest BCUT2D eigenvalue weighted by atomic mass is 10.2. The number of nitrogens with two attached hydrogens (primary N) is 1. The predicted octanol–water partition coefficient (Wildman–Crippen LogP) is 0.869. The molecule has 1 atom stereocenters. The van der Waals surface area contributed by atoms with E-state index in [0.29, 0.717) is 19.6 Å². The van der Waals surface area contributed by atoms with Crippen LogP contribution in [0, 0.1) is 0 Å². The standard InChI is InChI=1S/C10H25NO5Si/c1-6-15-17(13-4,14-5)16-10(2,12-3)8-7-9-11/h6-9,11H2,1-5H3. The zero-order valence-electron chi connectivity index (χ0n) is 11.4. The molecule has 0 bridgehead atoms. The third-order valence-electron chi connectivity index (χ3n) is 2.43. The van der Waals surface area contributed by atoms with Gasteiger partial charge in [-0.05, 0) is 26.8 Å². The van der Waals surface area contributed by atoms with Gasteiger partial charge in [0.05, 0.1) is 0 Å². The van der Waals surface area contributed by atoms with Gasteiger partial charge in [-0.2, -0.15) is 0 Å². The first-order valence-electron chi connectivity index (χ1n) is 5.71. The van der Waals surface area contributed by atoms with Crippen molar-refractivity contribution in [1.82, 2.24) is 0 Å². The lowest BCUT2D eigenvalue weighted by molar-refractivity contribution is -0.204. The summed E-state index contributed by atoms with van der Waals surface area (Å²) in [5.41, 5.74) is 5.48. The molecule has 0 spiro atoms. The first-order chi connectivity index (χ1) is 8.01. The fraction of sp³-hybridized carbons (Fsp3) is 1.00. The first-order valence-corrected chi connectivity index (χ1v) is 7.34. The molecule has 0 amide bonds. The van der Waals surface area contributed by atoms with Gasteiger partial charge in [-0.1, -0.05) is 0 Å². The van der Waals surface area contributed by atoms with Crippen molar-refractivity contribution in [2.75, 3.05) is 34.5 Å². The van der Waals surface area contributed by atoms with Crippen LogP contribution in [-0.2, 0) is 22.4 Å². The highest BCUT2D eigenvalue weighted by Crippen LogP contribution is 2.25. The van der Waals surface area contributed by atoms with E-state index in [9.17, 15) is 0 Å². The van der Waals surface area contributed by atoms with Crippen molar-refractivity contribution in [2.45, 2.75) is 32.5 Å². The summed E-state index contributed by atoms with van der Waals surface area (Å²) in [7, 11) is 1.47. The molecule has 0 saturated carbocycles. The molecule has 104 valence electrons. The minimum absolute atomic E-state index is 0.449. The van der Waals surface area contributed by atoms with E-state index in [0.717, 1.165) is 6.42 Å². The fourth-order valence-corrected chi connectivity index (χ4v) is 3.07. The van der Waals surface area contributed by atoms with Crippen LogP contribution in [0.1, 0.15) is 26.7 Å². The van der Waals surface area contributed by atoms with Crippen LogP contribution in [0.2, 0.25) is 0 Å². The Kier molecular flexibility index (Phi) is 8.13. The van der Waals surface area contributed by atoms with Crippen LogP contribution in [0.3, 0.4) is 0 Å². The van der Waals surface area contributed by atoms with Gasteiger partial charge in [0.2, 0.25) is 0 Å². The quantitative estimate of drug-likeness (QED) is 0.468. The zero-order valence-corrected chi connectivity index (χ0v) is 12.4. The molecule has 17 heavy (non-hydrogen) atoms. The predicted molar refractivity (Wildman–Crippen MR) is 66.2 cm³/mol. The van der Waals surface area contributed by atoms with Crippen molar-refractivity contribution in [2.24, 2.45) is 5.73 Å². The van der Waals surface area contributed by atoms with Crippen molar-refractivity contribution in [3.05, 3.63) is 0 Å². The van der Waals surface area contributed by atoms with E-state index in [1.165, 1.54) is 14.2 Å². The Balaban J connectivity index is 4.67. The fourth-order valence-electron chi connectivity index (χ4n) is 1.37. The zero-order chi connectivity index (χ0) is 13.4. The molecule has 0 aliphatic carbocycles. The molecule has 0 aromatic rings. The van der Waals surface area contributed by atoms with Crippen LogP contribution < -0.4 is 5.73 Å². The highest BCUT2D eigenvalue weighted by atomic mass is 28.4. The normalized spacial score (nSPS) is 15.9. The minimum atomic E-state index is -3.12. The van der Waals surface area contributed by atoms with E-state index in [2.05, 4.69) is 0 Å². The second kappa shape index (κ2) is 8.14. The van der Waals surface area contributed by atoms with Crippen molar-refractivity contribution in [3.63, 3.8) is 0 Å². The van der Waals surface area contributed by atoms with E-state index < -0.39 is 14.8 Å². The highest BCUT2D eigenvalue weighted by molar-refractivity contribution is 6.53. The van der Waals surface area contributed by atoms with Gasteiger partial charge in [-0.25, -0.2) is 0 Å². The van der Waals surface area contributed by atoms with Crippen molar-refractivity contribution in [1.29, 1.82) is 0 Å². The first kappa shape index (κ1) is 17.0. The number of hydrogen-bond donors (Lipinski definition) is 1. The van der Waals surface area contributed by atoms with Gasteiger partial charge >= 0.3 is 9.05 Å². The topological polar surface area (TPSA) is 72.2 Å². The van der Waals surface area contributed by atoms with Gasteiger partial charge in [0.15, 0.2) is 5.79 Å². The number of rotatable bonds is 10. The van der Waals surface area contributed by atoms with Crippen LogP contribution in [-0.4, -0.2) is 49.3 Å². The molecule has 0 aliphatic heterocycles. The van der Waals surface area contributed by atoms with Crippen molar-refractivity contribution < 1.29 is 22.4 Å². The SMILES string of the molecule is CCO[Si](OC)(OC)OC(C)(CCCN)OC. The largest absolute Gasteiger partial charge is 0.681 e. The van der Waals surface area contributed by atoms with Gasteiger partial charge in [0.1, 0.15) is 0 Å². The second-order valence-electron chi connectivity index (χ2n) is 3.67. The molecule has 0 heterocycles. The lowest BCUT2D eigenvalue weighted by Crippen LogP contribution is -2.54. The van der Waals surface area contributed by atoms with Gasteiger partial charge in [0.25, 0.3) is 0 Å². The maximum Gasteiger partial charge on any atom is 0.681 e. The Morgan fingerprint density at radius 2 is 1.76 bits per heavy atom. The average molecular weight is 267 g/mol. The van der Waals surface area contributed by atoms with Gasteiger partial charge < -0.3 is 28.2 Å². The van der Waals surface area contributed by atoms with Gasteiger partial charge in [-0.3, -0.25) is 0 Å². The van der Waals surface area contributed by atoms with E-state index in [4.69, 9.17) is 28.2 Å². The summed E-state index contributed by atoms with van der Waals surface area (Å²) in [5.74, 6) is -0.813. The summed E-state index contributed by atoms with van der Waals surface area (Å²) in [4.78, 5) is 0. The smallest absolute Gasteiger partial charge is 0.355 e. The van der Waals surface area contributed by atoms with E-state index in [-0.39, 0.29) is 0 Å². The van der Waals surface area contributed by atoms with Gasteiger partial charge in [-0.15, -0.1) is 0 Å². The summed E-state index contributed by atoms with van der Waals surface area (Å²) in [6.07, 6.45) is 1.43. The average Bonchev–Trinajstić information content (AvgIpc) is 2.36. The summed E-state index contributed by atoms with van der Waals surface area (Å²) in [6, 6.07) is 0. The third kappa shape index (κ3) is 5.43. The molecule has 0 saturated heterocycles. The molecule has 0 aliphatic rings. The molecule has 1 unspecified atom stereocenters. The molecular weight excluding hydrogens is 242 g/mol. The molecular formula is C10H25NO5Si. The highest BCUT2D eigenvalue weighted by Gasteiger charge is 2.49. The molecule has 0 aromatic carbocycles. The maximum atomic E-state index is 5.81. The molecule has 0 fully saturated rings. The summed E-state index contributed by atoms with van der Waals surface area (Å²) >= 11 is 0. The molecule has 0 radical (unpaired) electrons. The Bertz CT molecular complexity index is 203. The monoisotopic (exact) mass is 267 g/mol. The summed E-state index contributed by atoms with van der Waals surface area (Å²) in [5, 5.41) is 0. The molecule has 6 nitrogen and oxygen atoms in total. The minimum Gasteiger partial charge on any atom is -0.355 e. The third-order valence-corrected chi connectivity index (χ3v) is 4.75. The Labute approximate surface area is 105 Å². The van der Waals surface area contributed by atoms with Crippen LogP contribution in [0.25, 0.3) is 0 Å². The second-order valence-corrected chi connectivity index (χ2v) is 5.98. The molecule has 0 rings (SSSR count). The molecule has 0 aromatic heterocycles. The van der Waals surface area contributed by atoms with E-state index in [1.54, 1.807) is 7.11 Å². The van der Waals surface area contributed by atoms with Crippen molar-refractivity contribution >= 4 is 9.05 Å². The number of methoxy groups -OCH3 is 1. The van der Waals surface area contributed by atoms with E-state index >= 15 is 0 Å². The number of hydrogen-bond acceptors (Lipinski definition) is 6. The lowest BCUT2D eigenvalue weighted by Gasteiger charge is -2.35. The molecule has 2 N–H and O–H groups in total. The Morgan fingerprint density at radius 3 is 2.12 bits per heavy atom. The van der Waals surface area contributed by atoms with Crippen LogP contribution in [0.4, 0.5) is 0 Å². The van der Waals surface area contributed by atoms with Crippen LogP contribution in [0.5, 0.6) is 0 Å². The summed E-state index contributed by atoms with van der Waals surface area (Å²) < 4.78 is 27.2. The van der Waals surface area contributed by atoms with Gasteiger partial charge in [0, 0.05) is 34.4 Å². The molecule has 7 heteroatoms. The van der Waals surface area contributed by atoms with Crippen molar-refractivity contribution in [3.8, 4) is 0 Å². The Morgan fingerprint density at radius 1 is 1.18 bits per heavy atom. The number of ether oxygens (including phenoxy) is 1. The Hall–Kier alpha value is -0.0231.